The molecule has 0 bridgehead atoms. The van der Waals surface area contributed by atoms with Crippen LogP contribution in [0, 0.1) is 0 Å². The summed E-state index contributed by atoms with van der Waals surface area (Å²) < 4.78 is 2.20. The molecule has 1 aliphatic heterocycles. The summed E-state index contributed by atoms with van der Waals surface area (Å²) in [4.78, 5) is 12.1. The number of rotatable bonds is 5. The van der Waals surface area contributed by atoms with E-state index < -0.39 is 5.60 Å². The van der Waals surface area contributed by atoms with Gasteiger partial charge in [0.15, 0.2) is 0 Å². The quantitative estimate of drug-likeness (QED) is 0.833. The van der Waals surface area contributed by atoms with E-state index in [1.165, 1.54) is 10.9 Å². The minimum atomic E-state index is -1.15. The van der Waals surface area contributed by atoms with Crippen molar-refractivity contribution in [3.05, 3.63) is 36.5 Å². The molecule has 2 aromatic rings. The normalized spacial score (nSPS) is 17.5. The molecule has 1 fully saturated rings. The Kier molecular flexibility index (Phi) is 4.74. The van der Waals surface area contributed by atoms with Crippen molar-refractivity contribution in [3.8, 4) is 0 Å². The van der Waals surface area contributed by atoms with Crippen molar-refractivity contribution in [3.63, 3.8) is 0 Å². The van der Waals surface area contributed by atoms with Gasteiger partial charge in [0, 0.05) is 24.8 Å². The maximum absolute atomic E-state index is 12.1. The van der Waals surface area contributed by atoms with Gasteiger partial charge in [0.05, 0.1) is 0 Å². The third-order valence-electron chi connectivity index (χ3n) is 4.28. The lowest BCUT2D eigenvalue weighted by molar-refractivity contribution is -0.140. The second-order valence-electron chi connectivity index (χ2n) is 5.82. The highest BCUT2D eigenvalue weighted by Gasteiger charge is 2.36. The first-order valence-corrected chi connectivity index (χ1v) is 8.97. The van der Waals surface area contributed by atoms with Crippen molar-refractivity contribution in [2.75, 3.05) is 18.1 Å². The molecule has 4 nitrogen and oxygen atoms in total. The first kappa shape index (κ1) is 15.4. The number of hydrogen-bond donors (Lipinski definition) is 2. The zero-order valence-electron chi connectivity index (χ0n) is 12.6. The summed E-state index contributed by atoms with van der Waals surface area (Å²) in [7, 11) is 0. The second-order valence-corrected chi connectivity index (χ2v) is 7.05. The number of benzene rings is 1. The van der Waals surface area contributed by atoms with Gasteiger partial charge in [-0.2, -0.15) is 11.8 Å². The van der Waals surface area contributed by atoms with Crippen molar-refractivity contribution in [1.29, 1.82) is 0 Å². The number of para-hydroxylation sites is 1. The Balaban J connectivity index is 1.48. The molecule has 118 valence electrons. The lowest BCUT2D eigenvalue weighted by atomic mass is 9.96. The largest absolute Gasteiger partial charge is 0.380 e. The number of hydrogen-bond acceptors (Lipinski definition) is 3. The number of thioether (sulfide) groups is 1. The summed E-state index contributed by atoms with van der Waals surface area (Å²) in [5, 5.41) is 14.5. The lowest BCUT2D eigenvalue weighted by Gasteiger charge is -2.30. The van der Waals surface area contributed by atoms with Crippen molar-refractivity contribution in [2.45, 2.75) is 31.4 Å². The molecular formula is C17H22N2O2S. The number of nitrogens with zero attached hydrogens (tertiary/aromatic N) is 1. The predicted octanol–water partition coefficient (Wildman–Crippen LogP) is 2.41. The Bertz CT molecular complexity index is 647. The highest BCUT2D eigenvalue weighted by atomic mass is 32.2. The molecule has 0 atom stereocenters. The fourth-order valence-corrected chi connectivity index (χ4v) is 4.06. The van der Waals surface area contributed by atoms with Gasteiger partial charge in [-0.05, 0) is 48.3 Å². The molecule has 2 heterocycles. The van der Waals surface area contributed by atoms with Crippen LogP contribution in [-0.2, 0) is 11.3 Å². The Morgan fingerprint density at radius 2 is 2.05 bits per heavy atom. The molecule has 0 aliphatic carbocycles. The SMILES string of the molecule is O=C(NCCCn1ccc2ccccc21)C1(O)CCSCC1. The highest BCUT2D eigenvalue weighted by molar-refractivity contribution is 7.99. The molecular weight excluding hydrogens is 296 g/mol. The predicted molar refractivity (Wildman–Crippen MR) is 91.1 cm³/mol. The van der Waals surface area contributed by atoms with E-state index in [0.717, 1.165) is 24.5 Å². The number of carbonyl (C=O) groups excluding carboxylic acids is 1. The lowest BCUT2D eigenvalue weighted by Crippen LogP contribution is -2.49. The van der Waals surface area contributed by atoms with E-state index in [-0.39, 0.29) is 5.91 Å². The van der Waals surface area contributed by atoms with E-state index in [4.69, 9.17) is 0 Å². The molecule has 1 aromatic carbocycles. The van der Waals surface area contributed by atoms with Crippen LogP contribution in [0.25, 0.3) is 10.9 Å². The first-order chi connectivity index (χ1) is 10.7. The number of nitrogens with one attached hydrogen (secondary N) is 1. The topological polar surface area (TPSA) is 54.3 Å². The van der Waals surface area contributed by atoms with E-state index in [2.05, 4.69) is 34.3 Å². The molecule has 3 rings (SSSR count). The molecule has 22 heavy (non-hydrogen) atoms. The molecule has 1 saturated heterocycles. The maximum Gasteiger partial charge on any atom is 0.252 e. The van der Waals surface area contributed by atoms with Crippen LogP contribution >= 0.6 is 11.8 Å². The summed E-state index contributed by atoms with van der Waals surface area (Å²) in [6, 6.07) is 10.4. The Morgan fingerprint density at radius 1 is 1.27 bits per heavy atom. The van der Waals surface area contributed by atoms with Gasteiger partial charge in [0.25, 0.3) is 5.91 Å². The van der Waals surface area contributed by atoms with Gasteiger partial charge in [0.2, 0.25) is 0 Å². The van der Waals surface area contributed by atoms with Gasteiger partial charge < -0.3 is 15.0 Å². The number of aromatic nitrogens is 1. The molecule has 0 unspecified atom stereocenters. The van der Waals surface area contributed by atoms with Gasteiger partial charge in [0.1, 0.15) is 5.60 Å². The summed E-state index contributed by atoms with van der Waals surface area (Å²) in [6.45, 7) is 1.46. The molecule has 1 amide bonds. The van der Waals surface area contributed by atoms with Crippen LogP contribution in [0.4, 0.5) is 0 Å². The van der Waals surface area contributed by atoms with Gasteiger partial charge in [-0.3, -0.25) is 4.79 Å². The minimum Gasteiger partial charge on any atom is -0.380 e. The summed E-state index contributed by atoms with van der Waals surface area (Å²) >= 11 is 1.80. The number of aryl methyl sites for hydroxylation is 1. The molecule has 1 aliphatic rings. The van der Waals surface area contributed by atoms with Crippen LogP contribution in [-0.4, -0.2) is 39.2 Å². The van der Waals surface area contributed by atoms with Crippen LogP contribution in [0.5, 0.6) is 0 Å². The number of fused-ring (bicyclic) bond motifs is 1. The van der Waals surface area contributed by atoms with Crippen LogP contribution in [0.15, 0.2) is 36.5 Å². The van der Waals surface area contributed by atoms with Crippen molar-refractivity contribution >= 4 is 28.6 Å². The third-order valence-corrected chi connectivity index (χ3v) is 5.27. The zero-order chi connectivity index (χ0) is 15.4. The van der Waals surface area contributed by atoms with Gasteiger partial charge in [-0.15, -0.1) is 0 Å². The summed E-state index contributed by atoms with van der Waals surface area (Å²) in [6.07, 6.45) is 4.06. The molecule has 1 aromatic heterocycles. The first-order valence-electron chi connectivity index (χ1n) is 7.81. The average molecular weight is 318 g/mol. The highest BCUT2D eigenvalue weighted by Crippen LogP contribution is 2.26. The maximum atomic E-state index is 12.1. The minimum absolute atomic E-state index is 0.204. The summed E-state index contributed by atoms with van der Waals surface area (Å²) in [5.41, 5.74) is 0.0718. The van der Waals surface area contributed by atoms with Crippen LogP contribution in [0.3, 0.4) is 0 Å². The van der Waals surface area contributed by atoms with E-state index in [1.54, 1.807) is 11.8 Å². The number of aliphatic hydroxyl groups is 1. The number of carbonyl (C=O) groups is 1. The van der Waals surface area contributed by atoms with E-state index in [0.29, 0.717) is 19.4 Å². The van der Waals surface area contributed by atoms with E-state index in [9.17, 15) is 9.90 Å². The van der Waals surface area contributed by atoms with Crippen LogP contribution < -0.4 is 5.32 Å². The van der Waals surface area contributed by atoms with Gasteiger partial charge in [-0.1, -0.05) is 18.2 Å². The average Bonchev–Trinajstić information content (AvgIpc) is 2.95. The Hall–Kier alpha value is -1.46. The molecule has 0 saturated carbocycles. The molecule has 0 radical (unpaired) electrons. The van der Waals surface area contributed by atoms with Crippen molar-refractivity contribution < 1.29 is 9.90 Å². The van der Waals surface area contributed by atoms with Gasteiger partial charge in [-0.25, -0.2) is 0 Å². The second kappa shape index (κ2) is 6.75. The van der Waals surface area contributed by atoms with Gasteiger partial charge >= 0.3 is 0 Å². The fraction of sp³-hybridized carbons (Fsp3) is 0.471. The molecule has 2 N–H and O–H groups in total. The Labute approximate surface area is 134 Å². The Morgan fingerprint density at radius 3 is 2.86 bits per heavy atom. The van der Waals surface area contributed by atoms with Crippen LogP contribution in [0.1, 0.15) is 19.3 Å². The fourth-order valence-electron chi connectivity index (χ4n) is 2.89. The smallest absolute Gasteiger partial charge is 0.252 e. The van der Waals surface area contributed by atoms with E-state index >= 15 is 0 Å². The third kappa shape index (κ3) is 3.31. The van der Waals surface area contributed by atoms with Crippen LogP contribution in [0.2, 0.25) is 0 Å². The van der Waals surface area contributed by atoms with E-state index in [1.807, 2.05) is 12.1 Å². The number of amides is 1. The van der Waals surface area contributed by atoms with Crippen molar-refractivity contribution in [2.24, 2.45) is 0 Å². The molecule has 0 spiro atoms. The standard InChI is InChI=1S/C17H22N2O2S/c20-16(17(21)7-12-22-13-8-17)18-9-3-10-19-11-6-14-4-1-2-5-15(14)19/h1-2,4-6,11,21H,3,7-10,12-13H2,(H,18,20). The summed E-state index contributed by atoms with van der Waals surface area (Å²) in [5.74, 6) is 1.52. The zero-order valence-corrected chi connectivity index (χ0v) is 13.4. The van der Waals surface area contributed by atoms with Crippen molar-refractivity contribution in [1.82, 2.24) is 9.88 Å². The monoisotopic (exact) mass is 318 g/mol. The molecule has 5 heteroatoms.